The van der Waals surface area contributed by atoms with Crippen LogP contribution in [0.3, 0.4) is 0 Å². The lowest BCUT2D eigenvalue weighted by atomic mass is 9.97. The van der Waals surface area contributed by atoms with Gasteiger partial charge in [0.2, 0.25) is 0 Å². The summed E-state index contributed by atoms with van der Waals surface area (Å²) >= 11 is 1.88. The van der Waals surface area contributed by atoms with Crippen LogP contribution in [0.1, 0.15) is 0 Å². The minimum atomic E-state index is 1.14. The maximum atomic E-state index is 2.35. The van der Waals surface area contributed by atoms with Gasteiger partial charge in [-0.25, -0.2) is 0 Å². The largest absolute Gasteiger partial charge is 0.310 e. The van der Waals surface area contributed by atoms with Crippen molar-refractivity contribution in [2.75, 3.05) is 4.90 Å². The van der Waals surface area contributed by atoms with Crippen molar-refractivity contribution >= 4 is 70.1 Å². The van der Waals surface area contributed by atoms with Crippen LogP contribution in [0.4, 0.5) is 17.1 Å². The summed E-state index contributed by atoms with van der Waals surface area (Å²) in [4.78, 5) is 2.35. The third-order valence-corrected chi connectivity index (χ3v) is 8.96. The summed E-state index contributed by atoms with van der Waals surface area (Å²) in [6.07, 6.45) is 0. The monoisotopic (exact) mass is 527 g/mol. The van der Waals surface area contributed by atoms with E-state index in [0.29, 0.717) is 0 Å². The van der Waals surface area contributed by atoms with Crippen molar-refractivity contribution in [1.29, 1.82) is 0 Å². The zero-order valence-corrected chi connectivity index (χ0v) is 22.6. The van der Waals surface area contributed by atoms with Crippen molar-refractivity contribution in [2.45, 2.75) is 0 Å². The fourth-order valence-electron chi connectivity index (χ4n) is 5.95. The van der Waals surface area contributed by atoms with Gasteiger partial charge in [-0.1, -0.05) is 103 Å². The van der Waals surface area contributed by atoms with Crippen LogP contribution in [-0.2, 0) is 0 Å². The normalized spacial score (nSPS) is 11.5. The Hall–Kier alpha value is -4.92. The van der Waals surface area contributed by atoms with Crippen LogP contribution in [0.5, 0.6) is 0 Å². The SMILES string of the molecule is c1ccc(-c2ccc(N(c3ccccc3)c3ccc4c(ccc5ccc6sc7ccccc7c6c54)c3)cc2)cc1. The topological polar surface area (TPSA) is 3.24 Å². The number of fused-ring (bicyclic) bond motifs is 7. The molecule has 0 fully saturated rings. The molecule has 0 amide bonds. The molecule has 1 nitrogen and oxygen atoms in total. The van der Waals surface area contributed by atoms with E-state index in [1.54, 1.807) is 0 Å². The third-order valence-electron chi connectivity index (χ3n) is 7.83. The van der Waals surface area contributed by atoms with Crippen LogP contribution in [0.2, 0.25) is 0 Å². The molecule has 0 aliphatic carbocycles. The van der Waals surface area contributed by atoms with Crippen molar-refractivity contribution in [3.05, 3.63) is 152 Å². The van der Waals surface area contributed by atoms with Gasteiger partial charge < -0.3 is 4.90 Å². The molecule has 0 bridgehead atoms. The second-order valence-electron chi connectivity index (χ2n) is 10.2. The van der Waals surface area contributed by atoms with Crippen molar-refractivity contribution in [1.82, 2.24) is 0 Å². The van der Waals surface area contributed by atoms with Crippen LogP contribution in [0.25, 0.3) is 52.8 Å². The van der Waals surface area contributed by atoms with Gasteiger partial charge >= 0.3 is 0 Å². The van der Waals surface area contributed by atoms with Gasteiger partial charge in [0.1, 0.15) is 0 Å². The molecule has 1 aromatic heterocycles. The lowest BCUT2D eigenvalue weighted by Gasteiger charge is -2.26. The molecule has 0 aliphatic heterocycles. The van der Waals surface area contributed by atoms with E-state index in [1.165, 1.54) is 52.8 Å². The molecule has 0 atom stereocenters. The minimum Gasteiger partial charge on any atom is -0.310 e. The highest BCUT2D eigenvalue weighted by atomic mass is 32.1. The van der Waals surface area contributed by atoms with E-state index >= 15 is 0 Å². The third kappa shape index (κ3) is 3.77. The highest BCUT2D eigenvalue weighted by Crippen LogP contribution is 2.43. The molecule has 0 saturated heterocycles. The molecule has 0 unspecified atom stereocenters. The van der Waals surface area contributed by atoms with Crippen molar-refractivity contribution in [3.8, 4) is 11.1 Å². The Balaban J connectivity index is 1.31. The molecule has 40 heavy (non-hydrogen) atoms. The lowest BCUT2D eigenvalue weighted by molar-refractivity contribution is 1.29. The van der Waals surface area contributed by atoms with Gasteiger partial charge in [0.15, 0.2) is 0 Å². The molecule has 8 aromatic rings. The Morgan fingerprint density at radius 2 is 1.00 bits per heavy atom. The first kappa shape index (κ1) is 23.0. The predicted octanol–water partition coefficient (Wildman–Crippen LogP) is 11.5. The van der Waals surface area contributed by atoms with Crippen molar-refractivity contribution in [3.63, 3.8) is 0 Å². The highest BCUT2D eigenvalue weighted by Gasteiger charge is 2.15. The summed E-state index contributed by atoms with van der Waals surface area (Å²) in [5.41, 5.74) is 5.87. The van der Waals surface area contributed by atoms with Gasteiger partial charge in [-0.05, 0) is 81.2 Å². The molecule has 1 heterocycles. The summed E-state index contributed by atoms with van der Waals surface area (Å²) in [5, 5.41) is 7.88. The first-order valence-electron chi connectivity index (χ1n) is 13.6. The van der Waals surface area contributed by atoms with E-state index in [0.717, 1.165) is 17.1 Å². The molecule has 8 rings (SSSR count). The van der Waals surface area contributed by atoms with E-state index in [2.05, 4.69) is 157 Å². The molecule has 0 saturated carbocycles. The summed E-state index contributed by atoms with van der Waals surface area (Å²) < 4.78 is 2.68. The molecule has 2 heteroatoms. The summed E-state index contributed by atoms with van der Waals surface area (Å²) in [6.45, 7) is 0. The smallest absolute Gasteiger partial charge is 0.0468 e. The Labute approximate surface area is 237 Å². The number of rotatable bonds is 4. The molecule has 0 N–H and O–H groups in total. The van der Waals surface area contributed by atoms with Crippen LogP contribution in [-0.4, -0.2) is 0 Å². The molecular weight excluding hydrogens is 502 g/mol. The fraction of sp³-hybridized carbons (Fsp3) is 0. The van der Waals surface area contributed by atoms with Gasteiger partial charge in [-0.2, -0.15) is 0 Å². The zero-order chi connectivity index (χ0) is 26.5. The van der Waals surface area contributed by atoms with Gasteiger partial charge in [0.25, 0.3) is 0 Å². The zero-order valence-electron chi connectivity index (χ0n) is 21.8. The number of benzene rings is 7. The van der Waals surface area contributed by atoms with Crippen LogP contribution >= 0.6 is 11.3 Å². The maximum absolute atomic E-state index is 2.35. The molecule has 7 aromatic carbocycles. The number of nitrogens with zero attached hydrogens (tertiary/aromatic N) is 1. The molecule has 0 radical (unpaired) electrons. The molecular formula is C38H25NS. The second-order valence-corrected chi connectivity index (χ2v) is 11.3. The maximum Gasteiger partial charge on any atom is 0.0468 e. The van der Waals surface area contributed by atoms with Gasteiger partial charge in [-0.3, -0.25) is 0 Å². The minimum absolute atomic E-state index is 1.14. The predicted molar refractivity (Wildman–Crippen MR) is 174 cm³/mol. The lowest BCUT2D eigenvalue weighted by Crippen LogP contribution is -2.09. The van der Waals surface area contributed by atoms with Crippen molar-refractivity contribution < 1.29 is 0 Å². The average molecular weight is 528 g/mol. The highest BCUT2D eigenvalue weighted by molar-refractivity contribution is 7.26. The first-order chi connectivity index (χ1) is 19.8. The van der Waals surface area contributed by atoms with Gasteiger partial charge in [0.05, 0.1) is 0 Å². The summed E-state index contributed by atoms with van der Waals surface area (Å²) in [5.74, 6) is 0. The Morgan fingerprint density at radius 3 is 1.82 bits per heavy atom. The molecule has 0 spiro atoms. The van der Waals surface area contributed by atoms with E-state index in [9.17, 15) is 0 Å². The van der Waals surface area contributed by atoms with Crippen LogP contribution < -0.4 is 4.90 Å². The van der Waals surface area contributed by atoms with Gasteiger partial charge in [-0.15, -0.1) is 11.3 Å². The number of hydrogen-bond acceptors (Lipinski definition) is 2. The van der Waals surface area contributed by atoms with Crippen molar-refractivity contribution in [2.24, 2.45) is 0 Å². The van der Waals surface area contributed by atoms with Gasteiger partial charge in [0, 0.05) is 37.2 Å². The standard InChI is InChI=1S/C38H25NS/c1-3-9-26(10-4-1)27-17-20-31(21-18-27)39(30-11-5-2-6-12-30)32-22-23-33-29(25-32)16-15-28-19-24-36-38(37(28)33)34-13-7-8-14-35(34)40-36/h1-25H. The number of thiophene rings is 1. The van der Waals surface area contributed by atoms with E-state index in [4.69, 9.17) is 0 Å². The van der Waals surface area contributed by atoms with E-state index < -0.39 is 0 Å². The fourth-order valence-corrected chi connectivity index (χ4v) is 7.07. The first-order valence-corrected chi connectivity index (χ1v) is 14.4. The summed E-state index contributed by atoms with van der Waals surface area (Å²) in [6, 6.07) is 54.8. The van der Waals surface area contributed by atoms with E-state index in [1.807, 2.05) is 11.3 Å². The van der Waals surface area contributed by atoms with Crippen LogP contribution in [0, 0.1) is 0 Å². The number of hydrogen-bond donors (Lipinski definition) is 0. The Bertz CT molecular complexity index is 2140. The molecule has 188 valence electrons. The Kier molecular flexibility index (Phi) is 5.39. The Morgan fingerprint density at radius 1 is 0.375 bits per heavy atom. The van der Waals surface area contributed by atoms with Crippen LogP contribution in [0.15, 0.2) is 152 Å². The number of anilines is 3. The quantitative estimate of drug-likeness (QED) is 0.206. The number of para-hydroxylation sites is 1. The molecule has 0 aliphatic rings. The second kappa shape index (κ2) is 9.37. The average Bonchev–Trinajstić information content (AvgIpc) is 3.41. The van der Waals surface area contributed by atoms with E-state index in [-0.39, 0.29) is 0 Å². The summed E-state index contributed by atoms with van der Waals surface area (Å²) in [7, 11) is 0.